The van der Waals surface area contributed by atoms with Gasteiger partial charge in [0.2, 0.25) is 5.91 Å². The molecule has 0 saturated carbocycles. The number of pyridine rings is 1. The van der Waals surface area contributed by atoms with Crippen LogP contribution in [0.25, 0.3) is 21.5 Å². The lowest BCUT2D eigenvalue weighted by molar-refractivity contribution is -0.122. The molecule has 1 fully saturated rings. The standard InChI is InChI=1S/C23H26N4O3S/c1-30-13-8-24-22(28)16-26-9-11-27(12-10-26)23(29)18-15-20(21-7-4-14-31-21)25-19-6-3-2-5-17(18)19/h2-7,14-15H,8-13,16H2,1H3,(H,24,28). The van der Waals surface area contributed by atoms with Crippen molar-refractivity contribution < 1.29 is 14.3 Å². The van der Waals surface area contributed by atoms with Crippen LogP contribution in [-0.2, 0) is 9.53 Å². The number of nitrogens with one attached hydrogen (secondary N) is 1. The molecule has 1 aromatic carbocycles. The number of nitrogens with zero attached hydrogens (tertiary/aromatic N) is 3. The first-order valence-electron chi connectivity index (χ1n) is 10.4. The molecule has 31 heavy (non-hydrogen) atoms. The Morgan fingerprint density at radius 3 is 2.68 bits per heavy atom. The van der Waals surface area contributed by atoms with Crippen molar-refractivity contribution in [2.45, 2.75) is 0 Å². The molecule has 1 N–H and O–H groups in total. The summed E-state index contributed by atoms with van der Waals surface area (Å²) in [5.41, 5.74) is 2.33. The van der Waals surface area contributed by atoms with E-state index in [0.717, 1.165) is 21.5 Å². The summed E-state index contributed by atoms with van der Waals surface area (Å²) in [5.74, 6) is -0.00172. The van der Waals surface area contributed by atoms with E-state index in [-0.39, 0.29) is 11.8 Å². The number of rotatable bonds is 7. The quantitative estimate of drug-likeness (QED) is 0.574. The fraction of sp³-hybridized carbons (Fsp3) is 0.348. The highest BCUT2D eigenvalue weighted by atomic mass is 32.1. The van der Waals surface area contributed by atoms with Crippen LogP contribution in [0.15, 0.2) is 47.8 Å². The molecule has 0 aliphatic carbocycles. The number of amides is 2. The number of benzene rings is 1. The lowest BCUT2D eigenvalue weighted by atomic mass is 10.1. The fourth-order valence-corrected chi connectivity index (χ4v) is 4.42. The second-order valence-corrected chi connectivity index (χ2v) is 8.41. The van der Waals surface area contributed by atoms with Crippen LogP contribution in [0.3, 0.4) is 0 Å². The Labute approximate surface area is 185 Å². The highest BCUT2D eigenvalue weighted by molar-refractivity contribution is 7.13. The number of fused-ring (bicyclic) bond motifs is 1. The Bertz CT molecular complexity index is 1050. The van der Waals surface area contributed by atoms with Crippen LogP contribution in [0.2, 0.25) is 0 Å². The summed E-state index contributed by atoms with van der Waals surface area (Å²) in [5, 5.41) is 5.72. The Morgan fingerprint density at radius 1 is 1.13 bits per heavy atom. The van der Waals surface area contributed by atoms with Crippen LogP contribution in [0.1, 0.15) is 10.4 Å². The maximum absolute atomic E-state index is 13.4. The molecule has 1 saturated heterocycles. The number of hydrogen-bond donors (Lipinski definition) is 1. The van der Waals surface area contributed by atoms with E-state index in [1.165, 1.54) is 0 Å². The highest BCUT2D eigenvalue weighted by Crippen LogP contribution is 2.28. The number of para-hydroxylation sites is 1. The van der Waals surface area contributed by atoms with E-state index in [1.807, 2.05) is 52.7 Å². The predicted molar refractivity (Wildman–Crippen MR) is 122 cm³/mol. The minimum atomic E-state index is -0.0162. The number of methoxy groups -OCH3 is 1. The third-order valence-electron chi connectivity index (χ3n) is 5.38. The molecule has 2 aromatic heterocycles. The first-order chi connectivity index (χ1) is 15.2. The second-order valence-electron chi connectivity index (χ2n) is 7.46. The molecule has 0 radical (unpaired) electrons. The van der Waals surface area contributed by atoms with E-state index in [0.29, 0.717) is 51.4 Å². The zero-order valence-corrected chi connectivity index (χ0v) is 18.4. The first-order valence-corrected chi connectivity index (χ1v) is 11.2. The Hall–Kier alpha value is -2.81. The van der Waals surface area contributed by atoms with Gasteiger partial charge in [-0.1, -0.05) is 24.3 Å². The lowest BCUT2D eigenvalue weighted by Crippen LogP contribution is -2.51. The average Bonchev–Trinajstić information content (AvgIpc) is 3.34. The molecule has 0 unspecified atom stereocenters. The van der Waals surface area contributed by atoms with Gasteiger partial charge < -0.3 is 15.0 Å². The van der Waals surface area contributed by atoms with E-state index in [9.17, 15) is 9.59 Å². The van der Waals surface area contributed by atoms with Gasteiger partial charge in [-0.2, -0.15) is 0 Å². The van der Waals surface area contributed by atoms with Gasteiger partial charge in [-0.3, -0.25) is 14.5 Å². The molecule has 4 rings (SSSR count). The fourth-order valence-electron chi connectivity index (χ4n) is 3.73. The van der Waals surface area contributed by atoms with Crippen LogP contribution < -0.4 is 5.32 Å². The largest absolute Gasteiger partial charge is 0.383 e. The topological polar surface area (TPSA) is 74.8 Å². The van der Waals surface area contributed by atoms with Crippen LogP contribution in [-0.4, -0.2) is 79.6 Å². The van der Waals surface area contributed by atoms with Gasteiger partial charge in [0.05, 0.1) is 34.8 Å². The lowest BCUT2D eigenvalue weighted by Gasteiger charge is -2.34. The van der Waals surface area contributed by atoms with Crippen molar-refractivity contribution in [2.24, 2.45) is 0 Å². The highest BCUT2D eigenvalue weighted by Gasteiger charge is 2.25. The molecule has 1 aliphatic rings. The maximum atomic E-state index is 13.4. The molecular weight excluding hydrogens is 412 g/mol. The molecule has 0 atom stereocenters. The van der Waals surface area contributed by atoms with Crippen molar-refractivity contribution in [3.8, 4) is 10.6 Å². The molecule has 162 valence electrons. The molecule has 2 amide bonds. The van der Waals surface area contributed by atoms with Crippen LogP contribution >= 0.6 is 11.3 Å². The minimum Gasteiger partial charge on any atom is -0.383 e. The average molecular weight is 439 g/mol. The number of carbonyl (C=O) groups is 2. The Balaban J connectivity index is 1.46. The summed E-state index contributed by atoms with van der Waals surface area (Å²) >= 11 is 1.61. The molecule has 7 nitrogen and oxygen atoms in total. The normalized spacial score (nSPS) is 14.7. The number of ether oxygens (including phenoxy) is 1. The monoisotopic (exact) mass is 438 g/mol. The maximum Gasteiger partial charge on any atom is 0.254 e. The molecule has 3 aromatic rings. The van der Waals surface area contributed by atoms with E-state index in [2.05, 4.69) is 10.2 Å². The van der Waals surface area contributed by atoms with Crippen molar-refractivity contribution in [3.63, 3.8) is 0 Å². The molecular formula is C23H26N4O3S. The van der Waals surface area contributed by atoms with Gasteiger partial charge in [-0.15, -0.1) is 11.3 Å². The van der Waals surface area contributed by atoms with Crippen molar-refractivity contribution in [3.05, 3.63) is 53.4 Å². The van der Waals surface area contributed by atoms with Gasteiger partial charge in [0.25, 0.3) is 5.91 Å². The Kier molecular flexibility index (Phi) is 6.91. The van der Waals surface area contributed by atoms with E-state index < -0.39 is 0 Å². The number of thiophene rings is 1. The van der Waals surface area contributed by atoms with Crippen molar-refractivity contribution in [1.82, 2.24) is 20.1 Å². The molecule has 0 bridgehead atoms. The van der Waals surface area contributed by atoms with E-state index in [1.54, 1.807) is 18.4 Å². The third kappa shape index (κ3) is 5.10. The third-order valence-corrected chi connectivity index (χ3v) is 6.27. The summed E-state index contributed by atoms with van der Waals surface area (Å²) in [6.45, 7) is 3.88. The van der Waals surface area contributed by atoms with Crippen LogP contribution in [0.5, 0.6) is 0 Å². The zero-order valence-electron chi connectivity index (χ0n) is 17.5. The smallest absolute Gasteiger partial charge is 0.254 e. The number of aromatic nitrogens is 1. The molecule has 3 heterocycles. The van der Waals surface area contributed by atoms with Crippen molar-refractivity contribution in [1.29, 1.82) is 0 Å². The van der Waals surface area contributed by atoms with Gasteiger partial charge >= 0.3 is 0 Å². The van der Waals surface area contributed by atoms with Crippen molar-refractivity contribution >= 4 is 34.1 Å². The van der Waals surface area contributed by atoms with Crippen LogP contribution in [0.4, 0.5) is 0 Å². The summed E-state index contributed by atoms with van der Waals surface area (Å²) in [6.07, 6.45) is 0. The summed E-state index contributed by atoms with van der Waals surface area (Å²) in [4.78, 5) is 35.2. The number of carbonyl (C=O) groups excluding carboxylic acids is 2. The summed E-state index contributed by atoms with van der Waals surface area (Å²) in [6, 6.07) is 13.7. The second kappa shape index (κ2) is 10.00. The Morgan fingerprint density at radius 2 is 1.94 bits per heavy atom. The SMILES string of the molecule is COCCNC(=O)CN1CCN(C(=O)c2cc(-c3cccs3)nc3ccccc23)CC1. The number of piperazine rings is 1. The van der Waals surface area contributed by atoms with Gasteiger partial charge in [0.1, 0.15) is 0 Å². The minimum absolute atomic E-state index is 0.0144. The molecule has 8 heteroatoms. The molecule has 0 spiro atoms. The van der Waals surface area contributed by atoms with Crippen LogP contribution in [0, 0.1) is 0 Å². The summed E-state index contributed by atoms with van der Waals surface area (Å²) in [7, 11) is 1.61. The van der Waals surface area contributed by atoms with Gasteiger partial charge in [-0.25, -0.2) is 4.98 Å². The summed E-state index contributed by atoms with van der Waals surface area (Å²) < 4.78 is 4.95. The van der Waals surface area contributed by atoms with Gasteiger partial charge in [0.15, 0.2) is 0 Å². The van der Waals surface area contributed by atoms with Gasteiger partial charge in [0, 0.05) is 45.2 Å². The van der Waals surface area contributed by atoms with Gasteiger partial charge in [-0.05, 0) is 23.6 Å². The van der Waals surface area contributed by atoms with Crippen molar-refractivity contribution in [2.75, 3.05) is 53.0 Å². The first kappa shape index (κ1) is 21.4. The van der Waals surface area contributed by atoms with E-state index in [4.69, 9.17) is 9.72 Å². The molecule has 1 aliphatic heterocycles. The zero-order chi connectivity index (χ0) is 21.6. The van der Waals surface area contributed by atoms with E-state index >= 15 is 0 Å². The number of hydrogen-bond acceptors (Lipinski definition) is 6. The predicted octanol–water partition coefficient (Wildman–Crippen LogP) is 2.48.